The molecule has 3 heteroatoms. The molecule has 0 aliphatic carbocycles. The van der Waals surface area contributed by atoms with Crippen LogP contribution in [-0.2, 0) is 0 Å². The molecule has 0 fully saturated rings. The molecule has 1 aromatic carbocycles. The van der Waals surface area contributed by atoms with Crippen molar-refractivity contribution in [3.63, 3.8) is 0 Å². The molecular weight excluding hydrogens is 183 g/mol. The van der Waals surface area contributed by atoms with E-state index in [1.807, 2.05) is 13.8 Å². The van der Waals surface area contributed by atoms with Crippen molar-refractivity contribution in [1.29, 1.82) is 0 Å². The summed E-state index contributed by atoms with van der Waals surface area (Å²) in [4.78, 5) is 10.3. The van der Waals surface area contributed by atoms with E-state index in [-0.39, 0.29) is 19.1 Å². The highest BCUT2D eigenvalue weighted by Gasteiger charge is 2.03. The lowest BCUT2D eigenvalue weighted by atomic mass is 10.2. The van der Waals surface area contributed by atoms with Crippen molar-refractivity contribution in [2.24, 2.45) is 0 Å². The largest absolute Gasteiger partial charge is 0.491 e. The summed E-state index contributed by atoms with van der Waals surface area (Å²) in [6.45, 7) is 3.71. The first-order chi connectivity index (χ1) is 6.13. The van der Waals surface area contributed by atoms with Gasteiger partial charge >= 0.3 is 0 Å². The van der Waals surface area contributed by atoms with E-state index in [0.717, 1.165) is 0 Å². The molecule has 1 rings (SSSR count). The Labute approximate surface area is 83.7 Å². The lowest BCUT2D eigenvalue weighted by molar-refractivity contribution is 0.111. The number of benzene rings is 1. The van der Waals surface area contributed by atoms with Crippen LogP contribution >= 0.6 is 0 Å². The highest BCUT2D eigenvalue weighted by Crippen LogP contribution is 2.16. The molecule has 1 aromatic rings. The molecule has 0 bridgehead atoms. The van der Waals surface area contributed by atoms with Crippen molar-refractivity contribution in [2.45, 2.75) is 27.4 Å². The first kappa shape index (κ1) is 12.6. The smallest absolute Gasteiger partial charge is 0.152 e. The summed E-state index contributed by atoms with van der Waals surface area (Å²) in [5.41, 5.74) is 0.0520. The Morgan fingerprint density at radius 2 is 2.07 bits per heavy atom. The predicted molar refractivity (Wildman–Crippen MR) is 54.3 cm³/mol. The monoisotopic (exact) mass is 198 g/mol. The third kappa shape index (κ3) is 3.17. The van der Waals surface area contributed by atoms with Gasteiger partial charge in [-0.05, 0) is 26.0 Å². The number of carbonyl (C=O) groups is 1. The fourth-order valence-corrected chi connectivity index (χ4v) is 0.949. The van der Waals surface area contributed by atoms with Crippen molar-refractivity contribution in [3.05, 3.63) is 29.6 Å². The van der Waals surface area contributed by atoms with Crippen LogP contribution in [0.5, 0.6) is 5.75 Å². The number of carbonyl (C=O) groups excluding carboxylic acids is 1. The lowest BCUT2D eigenvalue weighted by Crippen LogP contribution is -2.05. The highest BCUT2D eigenvalue weighted by molar-refractivity contribution is 5.75. The van der Waals surface area contributed by atoms with Crippen LogP contribution < -0.4 is 4.74 Å². The van der Waals surface area contributed by atoms with Gasteiger partial charge in [-0.3, -0.25) is 4.79 Å². The fraction of sp³-hybridized carbons (Fsp3) is 0.364. The van der Waals surface area contributed by atoms with Gasteiger partial charge in [0.05, 0.1) is 11.7 Å². The molecule has 0 saturated carbocycles. The van der Waals surface area contributed by atoms with Crippen molar-refractivity contribution in [2.75, 3.05) is 0 Å². The molecule has 0 heterocycles. The minimum atomic E-state index is -0.548. The molecule has 0 spiro atoms. The van der Waals surface area contributed by atoms with Gasteiger partial charge in [-0.25, -0.2) is 4.39 Å². The van der Waals surface area contributed by atoms with E-state index in [0.29, 0.717) is 12.0 Å². The predicted octanol–water partition coefficient (Wildman–Crippen LogP) is 3.06. The Morgan fingerprint density at radius 3 is 2.50 bits per heavy atom. The highest BCUT2D eigenvalue weighted by atomic mass is 19.1. The van der Waals surface area contributed by atoms with E-state index in [9.17, 15) is 9.18 Å². The third-order valence-electron chi connectivity index (χ3n) is 1.47. The number of ether oxygens (including phenoxy) is 1. The van der Waals surface area contributed by atoms with Gasteiger partial charge in [0.2, 0.25) is 0 Å². The number of hydrogen-bond donors (Lipinski definition) is 0. The van der Waals surface area contributed by atoms with Crippen molar-refractivity contribution >= 4 is 6.29 Å². The molecule has 2 nitrogen and oxygen atoms in total. The topological polar surface area (TPSA) is 26.3 Å². The average molecular weight is 198 g/mol. The van der Waals surface area contributed by atoms with Gasteiger partial charge < -0.3 is 4.74 Å². The van der Waals surface area contributed by atoms with Gasteiger partial charge in [-0.1, -0.05) is 7.43 Å². The van der Waals surface area contributed by atoms with Gasteiger partial charge in [0.25, 0.3) is 0 Å². The molecule has 0 aliphatic heterocycles. The normalized spacial score (nSPS) is 9.43. The van der Waals surface area contributed by atoms with Crippen LogP contribution in [0, 0.1) is 5.82 Å². The maximum atomic E-state index is 13.0. The summed E-state index contributed by atoms with van der Waals surface area (Å²) in [5, 5.41) is 0. The Hall–Kier alpha value is -1.38. The molecule has 0 N–H and O–H groups in total. The second-order valence-corrected chi connectivity index (χ2v) is 2.97. The summed E-state index contributed by atoms with van der Waals surface area (Å²) in [6.07, 6.45) is 0.482. The van der Waals surface area contributed by atoms with E-state index >= 15 is 0 Å². The van der Waals surface area contributed by atoms with Crippen LogP contribution in [0.2, 0.25) is 0 Å². The van der Waals surface area contributed by atoms with Crippen LogP contribution in [-0.4, -0.2) is 12.4 Å². The molecule has 78 valence electrons. The summed E-state index contributed by atoms with van der Waals surface area (Å²) in [7, 11) is 0. The summed E-state index contributed by atoms with van der Waals surface area (Å²) >= 11 is 0. The molecule has 14 heavy (non-hydrogen) atoms. The van der Waals surface area contributed by atoms with Crippen LogP contribution in [0.3, 0.4) is 0 Å². The van der Waals surface area contributed by atoms with E-state index in [2.05, 4.69) is 0 Å². The minimum absolute atomic E-state index is 0. The van der Waals surface area contributed by atoms with Gasteiger partial charge in [0, 0.05) is 6.07 Å². The van der Waals surface area contributed by atoms with E-state index in [4.69, 9.17) is 4.74 Å². The van der Waals surface area contributed by atoms with Gasteiger partial charge in [-0.2, -0.15) is 0 Å². The van der Waals surface area contributed by atoms with Gasteiger partial charge in [-0.15, -0.1) is 0 Å². The van der Waals surface area contributed by atoms with E-state index in [1.165, 1.54) is 12.1 Å². The summed E-state index contributed by atoms with van der Waals surface area (Å²) < 4.78 is 18.2. The Bertz CT molecular complexity index is 308. The number of halogens is 1. The number of rotatable bonds is 3. The molecule has 0 unspecified atom stereocenters. The second-order valence-electron chi connectivity index (χ2n) is 2.97. The first-order valence-electron chi connectivity index (χ1n) is 4.05. The molecule has 0 radical (unpaired) electrons. The Balaban J connectivity index is 0.00000169. The first-order valence-corrected chi connectivity index (χ1v) is 4.05. The van der Waals surface area contributed by atoms with Crippen LogP contribution in [0.1, 0.15) is 31.6 Å². The molecule has 0 atom stereocenters. The minimum Gasteiger partial charge on any atom is -0.491 e. The van der Waals surface area contributed by atoms with Gasteiger partial charge in [0.1, 0.15) is 11.6 Å². The zero-order valence-electron chi connectivity index (χ0n) is 7.58. The van der Waals surface area contributed by atoms with Crippen LogP contribution in [0.15, 0.2) is 18.2 Å². The Kier molecular flexibility index (Phi) is 4.84. The van der Waals surface area contributed by atoms with Crippen molar-refractivity contribution < 1.29 is 13.9 Å². The third-order valence-corrected chi connectivity index (χ3v) is 1.47. The van der Waals surface area contributed by atoms with Crippen LogP contribution in [0.4, 0.5) is 4.39 Å². The maximum absolute atomic E-state index is 13.0. The SMILES string of the molecule is C.CC(C)Oc1ccc(C=O)c(F)c1. The standard InChI is InChI=1S/C10H11FO2.CH4/c1-7(2)13-9-4-3-8(6-12)10(11)5-9;/h3-7H,1-2H3;1H4. The molecule has 0 amide bonds. The van der Waals surface area contributed by atoms with E-state index < -0.39 is 5.82 Å². The number of aldehydes is 1. The molecular formula is C11H15FO2. The molecule has 0 aliphatic rings. The van der Waals surface area contributed by atoms with Gasteiger partial charge in [0.15, 0.2) is 6.29 Å². The average Bonchev–Trinajstić information content (AvgIpc) is 2.03. The fourth-order valence-electron chi connectivity index (χ4n) is 0.949. The maximum Gasteiger partial charge on any atom is 0.152 e. The van der Waals surface area contributed by atoms with Crippen molar-refractivity contribution in [1.82, 2.24) is 0 Å². The second kappa shape index (κ2) is 5.37. The zero-order valence-corrected chi connectivity index (χ0v) is 7.58. The van der Waals surface area contributed by atoms with Crippen LogP contribution in [0.25, 0.3) is 0 Å². The lowest BCUT2D eigenvalue weighted by Gasteiger charge is -2.09. The quantitative estimate of drug-likeness (QED) is 0.698. The molecule has 0 saturated heterocycles. The van der Waals surface area contributed by atoms with Crippen molar-refractivity contribution in [3.8, 4) is 5.75 Å². The summed E-state index contributed by atoms with van der Waals surface area (Å²) in [6, 6.07) is 4.19. The zero-order chi connectivity index (χ0) is 9.84. The number of hydrogen-bond acceptors (Lipinski definition) is 2. The summed E-state index contributed by atoms with van der Waals surface area (Å²) in [5.74, 6) is -0.105. The Morgan fingerprint density at radius 1 is 1.43 bits per heavy atom. The molecule has 0 aromatic heterocycles. The van der Waals surface area contributed by atoms with E-state index in [1.54, 1.807) is 6.07 Å².